The van der Waals surface area contributed by atoms with Gasteiger partial charge in [-0.2, -0.15) is 0 Å². The summed E-state index contributed by atoms with van der Waals surface area (Å²) in [6.45, 7) is 24.9. The first-order valence-corrected chi connectivity index (χ1v) is 21.6. The van der Waals surface area contributed by atoms with Crippen molar-refractivity contribution in [3.63, 3.8) is 0 Å². The molecular weight excluding hydrogens is 732 g/mol. The summed E-state index contributed by atoms with van der Waals surface area (Å²) in [6.07, 6.45) is 4.33. The molecule has 8 heteroatoms. The monoisotopic (exact) mass is 788 g/mol. The Morgan fingerprint density at radius 1 is 0.684 bits per heavy atom. The van der Waals surface area contributed by atoms with Crippen LogP contribution in [0.25, 0.3) is 28.0 Å². The van der Waals surface area contributed by atoms with E-state index in [9.17, 15) is 4.39 Å². The van der Waals surface area contributed by atoms with Crippen molar-refractivity contribution in [1.29, 1.82) is 0 Å². The fraction of sp³-hybridized carbons (Fsp3) is 0.388. The van der Waals surface area contributed by atoms with Crippen LogP contribution in [0.3, 0.4) is 0 Å². The first-order valence-electron chi connectivity index (χ1n) is 19.9. The van der Waals surface area contributed by atoms with Gasteiger partial charge in [-0.15, -0.1) is 0 Å². The maximum Gasteiger partial charge on any atom is 0.681 e. The Morgan fingerprint density at radius 3 is 1.82 bits per heavy atom. The van der Waals surface area contributed by atoms with Crippen molar-refractivity contribution in [3.05, 3.63) is 136 Å². The summed E-state index contributed by atoms with van der Waals surface area (Å²) in [5, 5.41) is 2.18. The maximum absolute atomic E-state index is 14.4. The van der Waals surface area contributed by atoms with Crippen molar-refractivity contribution in [3.8, 4) is 22.6 Å². The van der Waals surface area contributed by atoms with E-state index < -0.39 is 31.5 Å². The lowest BCUT2D eigenvalue weighted by molar-refractivity contribution is -0.135. The van der Waals surface area contributed by atoms with Gasteiger partial charge in [-0.1, -0.05) is 92.2 Å². The summed E-state index contributed by atoms with van der Waals surface area (Å²) < 4.78 is 53.8. The number of halogens is 1. The fourth-order valence-corrected chi connectivity index (χ4v) is 11.0. The third-order valence-corrected chi connectivity index (χ3v) is 13.3. The predicted molar refractivity (Wildman–Crippen MR) is 229 cm³/mol. The second-order valence-corrected chi connectivity index (χ2v) is 20.7. The molecule has 5 aromatic rings. The van der Waals surface area contributed by atoms with Crippen LogP contribution in [0.15, 0.2) is 97.1 Å². The lowest BCUT2D eigenvalue weighted by Crippen LogP contribution is -2.59. The Hall–Kier alpha value is -4.31. The number of fused-ring (bicyclic) bond motifs is 8. The quantitative estimate of drug-likeness (QED) is 0.104. The molecule has 0 saturated heterocycles. The molecule has 1 aliphatic carbocycles. The van der Waals surface area contributed by atoms with Crippen molar-refractivity contribution in [2.24, 2.45) is 0 Å². The van der Waals surface area contributed by atoms with E-state index in [-0.39, 0.29) is 24.4 Å². The Balaban J connectivity index is 1.22. The fourth-order valence-electron chi connectivity index (χ4n) is 8.12. The van der Waals surface area contributed by atoms with Gasteiger partial charge in [0, 0.05) is 27.5 Å². The van der Waals surface area contributed by atoms with E-state index in [0.29, 0.717) is 5.75 Å². The molecule has 1 heterocycles. The highest BCUT2D eigenvalue weighted by Gasteiger charge is 2.54. The van der Waals surface area contributed by atoms with E-state index in [1.165, 1.54) is 39.9 Å². The van der Waals surface area contributed by atoms with Crippen LogP contribution in [-0.4, -0.2) is 39.1 Å². The third kappa shape index (κ3) is 8.21. The molecule has 0 spiro atoms. The number of hydrogen-bond acceptors (Lipinski definition) is 6. The molecule has 0 N–H and O–H groups in total. The normalized spacial score (nSPS) is 17.6. The minimum atomic E-state index is -3.64. The van der Waals surface area contributed by atoms with Gasteiger partial charge < -0.3 is 27.2 Å². The maximum atomic E-state index is 14.4. The standard InChI is InChI=1S/C49H57FO6Si/c1-32-17-26-39-41(31-32)48(11,12)43-40-27-28-49(33-18-22-35(50)23-19-33,53-44(40)38-16-14-13-15-37(38)42(39)43)34-20-24-36(25-21-34)51-29-30-52-57(54-45(2,3)4,55-46(5,6)7)56-47(8,9)10/h13-28,31H,29-30H2,1-12H3. The number of aryl methyl sites for hydroxylation is 1. The zero-order valence-electron chi connectivity index (χ0n) is 35.6. The zero-order chi connectivity index (χ0) is 41.2. The first kappa shape index (κ1) is 40.9. The van der Waals surface area contributed by atoms with Crippen molar-refractivity contribution >= 4 is 25.9 Å². The second-order valence-electron chi connectivity index (χ2n) is 18.8. The highest BCUT2D eigenvalue weighted by molar-refractivity contribution is 6.54. The summed E-state index contributed by atoms with van der Waals surface area (Å²) in [7, 11) is -3.64. The molecule has 300 valence electrons. The van der Waals surface area contributed by atoms with Crippen molar-refractivity contribution in [1.82, 2.24) is 0 Å². The topological polar surface area (TPSA) is 55.4 Å². The summed E-state index contributed by atoms with van der Waals surface area (Å²) in [5.41, 5.74) is 6.11. The van der Waals surface area contributed by atoms with Crippen molar-refractivity contribution < 1.29 is 31.6 Å². The van der Waals surface area contributed by atoms with Crippen LogP contribution in [0.1, 0.15) is 110 Å². The number of hydrogen-bond donors (Lipinski definition) is 0. The van der Waals surface area contributed by atoms with E-state index in [4.69, 9.17) is 27.2 Å². The Morgan fingerprint density at radius 2 is 1.25 bits per heavy atom. The first-order chi connectivity index (χ1) is 26.6. The van der Waals surface area contributed by atoms with E-state index >= 15 is 0 Å². The van der Waals surface area contributed by atoms with Crippen molar-refractivity contribution in [2.75, 3.05) is 13.2 Å². The summed E-state index contributed by atoms with van der Waals surface area (Å²) in [5.74, 6) is 1.16. The minimum Gasteiger partial charge on any atom is -0.491 e. The molecule has 0 saturated carbocycles. The van der Waals surface area contributed by atoms with E-state index in [2.05, 4.69) is 75.4 Å². The molecular formula is C49H57FO6Si. The predicted octanol–water partition coefficient (Wildman–Crippen LogP) is 12.2. The smallest absolute Gasteiger partial charge is 0.491 e. The molecule has 0 amide bonds. The zero-order valence-corrected chi connectivity index (χ0v) is 36.6. The summed E-state index contributed by atoms with van der Waals surface area (Å²) in [6, 6.07) is 29.8. The van der Waals surface area contributed by atoms with Gasteiger partial charge in [0.1, 0.15) is 23.9 Å². The molecule has 6 nitrogen and oxygen atoms in total. The van der Waals surface area contributed by atoms with Crippen LogP contribution in [0.5, 0.6) is 11.5 Å². The third-order valence-electron chi connectivity index (χ3n) is 10.2. The van der Waals surface area contributed by atoms with Gasteiger partial charge in [0.2, 0.25) is 0 Å². The molecule has 0 radical (unpaired) electrons. The van der Waals surface area contributed by atoms with Crippen molar-refractivity contribution in [2.45, 2.75) is 111 Å². The molecule has 0 aromatic heterocycles. The van der Waals surface area contributed by atoms with Crippen LogP contribution in [-0.2, 0) is 28.7 Å². The van der Waals surface area contributed by atoms with Crippen LogP contribution in [0.4, 0.5) is 4.39 Å². The van der Waals surface area contributed by atoms with Crippen LogP contribution < -0.4 is 9.47 Å². The second kappa shape index (κ2) is 14.5. The van der Waals surface area contributed by atoms with Gasteiger partial charge in [0.05, 0.1) is 23.4 Å². The van der Waals surface area contributed by atoms with Gasteiger partial charge in [0.15, 0.2) is 5.60 Å². The number of benzene rings is 5. The highest BCUT2D eigenvalue weighted by atomic mass is 28.4. The van der Waals surface area contributed by atoms with Gasteiger partial charge >= 0.3 is 9.05 Å². The summed E-state index contributed by atoms with van der Waals surface area (Å²) in [4.78, 5) is 0. The van der Waals surface area contributed by atoms with Gasteiger partial charge in [-0.05, 0) is 127 Å². The molecule has 1 unspecified atom stereocenters. The summed E-state index contributed by atoms with van der Waals surface area (Å²) >= 11 is 0. The van der Waals surface area contributed by atoms with Gasteiger partial charge in [-0.3, -0.25) is 0 Å². The molecule has 5 aromatic carbocycles. The van der Waals surface area contributed by atoms with E-state index in [0.717, 1.165) is 33.2 Å². The average Bonchev–Trinajstić information content (AvgIpc) is 3.34. The molecule has 1 atom stereocenters. The van der Waals surface area contributed by atoms with Crippen LogP contribution in [0, 0.1) is 12.7 Å². The Bertz CT molecular complexity index is 2270. The van der Waals surface area contributed by atoms with E-state index in [1.807, 2.05) is 86.6 Å². The number of ether oxygens (including phenoxy) is 2. The van der Waals surface area contributed by atoms with Crippen LogP contribution >= 0.6 is 0 Å². The van der Waals surface area contributed by atoms with Gasteiger partial charge in [-0.25, -0.2) is 4.39 Å². The average molecular weight is 789 g/mol. The van der Waals surface area contributed by atoms with Gasteiger partial charge in [0.25, 0.3) is 0 Å². The molecule has 2 aliphatic rings. The lowest BCUT2D eigenvalue weighted by Gasteiger charge is -2.41. The Kier molecular flexibility index (Phi) is 10.4. The SMILES string of the molecule is Cc1ccc2c(c1)C(C)(C)c1c3c(c4ccccc4c1-2)OC(c1ccc(F)cc1)(c1ccc(OCCO[Si](OC(C)(C)C)(OC(C)(C)C)OC(C)(C)C)cc1)C=C3. The Labute approximate surface area is 339 Å². The molecule has 0 bridgehead atoms. The lowest BCUT2D eigenvalue weighted by atomic mass is 9.76. The molecule has 1 aliphatic heterocycles. The number of rotatable bonds is 10. The highest BCUT2D eigenvalue weighted by Crippen LogP contribution is 2.58. The van der Waals surface area contributed by atoms with Crippen LogP contribution in [0.2, 0.25) is 0 Å². The minimum absolute atomic E-state index is 0.190. The molecule has 57 heavy (non-hydrogen) atoms. The molecule has 0 fully saturated rings. The van der Waals surface area contributed by atoms with E-state index in [1.54, 1.807) is 12.1 Å². The molecule has 7 rings (SSSR count). The largest absolute Gasteiger partial charge is 0.681 e.